The van der Waals surface area contributed by atoms with Crippen molar-refractivity contribution in [3.05, 3.63) is 88.6 Å². The highest BCUT2D eigenvalue weighted by Crippen LogP contribution is 2.43. The molecule has 4 aliphatic rings. The van der Waals surface area contributed by atoms with E-state index in [1.807, 2.05) is 4.90 Å². The minimum absolute atomic E-state index is 0.0694. The van der Waals surface area contributed by atoms with Crippen LogP contribution in [0.3, 0.4) is 0 Å². The molecule has 6 rings (SSSR count). The summed E-state index contributed by atoms with van der Waals surface area (Å²) in [4.78, 5) is 23.1. The van der Waals surface area contributed by atoms with Gasteiger partial charge in [-0.25, -0.2) is 13.8 Å². The van der Waals surface area contributed by atoms with Crippen LogP contribution in [0.25, 0.3) is 16.3 Å². The van der Waals surface area contributed by atoms with E-state index < -0.39 is 23.6 Å². The molecule has 0 radical (unpaired) electrons. The number of ether oxygens (including phenoxy) is 1. The van der Waals surface area contributed by atoms with Crippen LogP contribution in [0.4, 0.5) is 8.78 Å². The second-order valence-electron chi connectivity index (χ2n) is 11.3. The molecule has 0 spiro atoms. The fourth-order valence-electron chi connectivity index (χ4n) is 6.53. The Hall–Kier alpha value is -4.00. The van der Waals surface area contributed by atoms with Crippen molar-refractivity contribution in [2.75, 3.05) is 46.4 Å². The van der Waals surface area contributed by atoms with Crippen molar-refractivity contribution in [1.82, 2.24) is 14.7 Å². The van der Waals surface area contributed by atoms with E-state index in [2.05, 4.69) is 24.6 Å². The van der Waals surface area contributed by atoms with E-state index in [1.54, 1.807) is 35.2 Å². The van der Waals surface area contributed by atoms with E-state index in [1.165, 1.54) is 18.2 Å². The number of carbonyl (C=O) groups is 1. The van der Waals surface area contributed by atoms with Crippen LogP contribution >= 0.6 is 11.6 Å². The Morgan fingerprint density at radius 3 is 2.67 bits per heavy atom. The average Bonchev–Trinajstić information content (AvgIpc) is 3.44. The summed E-state index contributed by atoms with van der Waals surface area (Å²) in [5.74, 6) is -1.57. The Labute approximate surface area is 254 Å². The molecule has 2 aromatic carbocycles. The number of aliphatic imine (C=N–C) groups is 1. The largest absolute Gasteiger partial charge is 0.475 e. The maximum Gasteiger partial charge on any atom is 0.246 e. The van der Waals surface area contributed by atoms with Gasteiger partial charge in [0, 0.05) is 54.8 Å². The van der Waals surface area contributed by atoms with E-state index in [0.29, 0.717) is 54.8 Å². The minimum Gasteiger partial charge on any atom is -0.475 e. The first-order chi connectivity index (χ1) is 20.8. The van der Waals surface area contributed by atoms with Gasteiger partial charge < -0.3 is 19.4 Å². The number of likely N-dealkylation sites (N-methyl/N-ethyl adjacent to an activating group) is 1. The molecule has 1 amide bonds. The zero-order valence-electron chi connectivity index (χ0n) is 23.9. The van der Waals surface area contributed by atoms with Crippen LogP contribution in [0.15, 0.2) is 77.2 Å². The lowest BCUT2D eigenvalue weighted by Crippen LogP contribution is -2.50. The molecule has 10 heteroatoms. The first kappa shape index (κ1) is 29.1. The SMILES string of the molecule is C=CC(=O)N1CCN(C2=C(C#N)C(OC[C@@H]3CCCN3C)=NC3C=C(c4cccc5ccc(F)c(Cl)c45)C(F)=CC23)CC1. The van der Waals surface area contributed by atoms with Crippen LogP contribution < -0.4 is 0 Å². The van der Waals surface area contributed by atoms with Gasteiger partial charge in [0.2, 0.25) is 11.8 Å². The number of dihydropyridines is 1. The number of fused-ring (bicyclic) bond motifs is 2. The van der Waals surface area contributed by atoms with Crippen molar-refractivity contribution in [2.24, 2.45) is 10.9 Å². The molecular formula is C33H32ClF2N5O2. The lowest BCUT2D eigenvalue weighted by Gasteiger charge is -2.42. The summed E-state index contributed by atoms with van der Waals surface area (Å²) in [5, 5.41) is 11.4. The standard InChI is InChI=1S/C33H32ClF2N5O2/c1-3-29(42)40-12-14-41(15-13-40)32-24-16-27(36)23(22-8-4-6-20-9-10-26(35)31(34)30(20)22)17-28(24)38-33(25(32)18-37)43-19-21-7-5-11-39(21)2/h3-4,6,8-10,16-17,21,24,28H,1,5,7,11-15,19H2,2H3/t21-,24?,28?/m0/s1. The Balaban J connectivity index is 1.41. The Bertz CT molecular complexity index is 1650. The van der Waals surface area contributed by atoms with Crippen LogP contribution in [-0.2, 0) is 9.53 Å². The first-order valence-corrected chi connectivity index (χ1v) is 14.9. The van der Waals surface area contributed by atoms with Gasteiger partial charge in [-0.1, -0.05) is 42.4 Å². The summed E-state index contributed by atoms with van der Waals surface area (Å²) in [7, 11) is 2.05. The number of carbonyl (C=O) groups excluding carboxylic acids is 1. The van der Waals surface area contributed by atoms with Crippen molar-refractivity contribution in [3.8, 4) is 6.07 Å². The third-order valence-corrected chi connectivity index (χ3v) is 9.24. The summed E-state index contributed by atoms with van der Waals surface area (Å²) in [6.07, 6.45) is 6.58. The fourth-order valence-corrected chi connectivity index (χ4v) is 6.81. The summed E-state index contributed by atoms with van der Waals surface area (Å²) in [6.45, 7) is 6.76. The van der Waals surface area contributed by atoms with Crippen molar-refractivity contribution >= 4 is 39.8 Å². The topological polar surface area (TPSA) is 72.2 Å². The maximum atomic E-state index is 16.1. The number of hydrogen-bond donors (Lipinski definition) is 0. The van der Waals surface area contributed by atoms with E-state index in [-0.39, 0.29) is 34.0 Å². The third kappa shape index (κ3) is 5.34. The van der Waals surface area contributed by atoms with E-state index in [4.69, 9.17) is 21.3 Å². The van der Waals surface area contributed by atoms with E-state index >= 15 is 4.39 Å². The van der Waals surface area contributed by atoms with Gasteiger partial charge in [0.1, 0.15) is 29.9 Å². The van der Waals surface area contributed by atoms with Gasteiger partial charge in [0.05, 0.1) is 11.1 Å². The molecule has 2 saturated heterocycles. The molecule has 222 valence electrons. The Kier molecular flexibility index (Phi) is 8.08. The van der Waals surface area contributed by atoms with Crippen LogP contribution in [0, 0.1) is 23.1 Å². The van der Waals surface area contributed by atoms with Gasteiger partial charge in [-0.05, 0) is 61.7 Å². The quantitative estimate of drug-likeness (QED) is 0.422. The fraction of sp³-hybridized carbons (Fsp3) is 0.364. The molecule has 0 N–H and O–H groups in total. The molecule has 1 aliphatic carbocycles. The van der Waals surface area contributed by atoms with Crippen molar-refractivity contribution in [3.63, 3.8) is 0 Å². The van der Waals surface area contributed by atoms with Crippen molar-refractivity contribution in [1.29, 1.82) is 5.26 Å². The highest BCUT2D eigenvalue weighted by molar-refractivity contribution is 6.36. The minimum atomic E-state index is -0.582. The Morgan fingerprint density at radius 2 is 1.98 bits per heavy atom. The predicted octanol–water partition coefficient (Wildman–Crippen LogP) is 5.50. The molecule has 0 bridgehead atoms. The number of benzene rings is 2. The number of rotatable bonds is 5. The predicted molar refractivity (Wildman–Crippen MR) is 163 cm³/mol. The van der Waals surface area contributed by atoms with Gasteiger partial charge in [-0.15, -0.1) is 0 Å². The zero-order chi connectivity index (χ0) is 30.2. The van der Waals surface area contributed by atoms with Gasteiger partial charge in [0.25, 0.3) is 0 Å². The molecule has 7 nitrogen and oxygen atoms in total. The molecule has 2 unspecified atom stereocenters. The number of nitriles is 1. The maximum absolute atomic E-state index is 16.1. The van der Waals surface area contributed by atoms with Crippen LogP contribution in [0.1, 0.15) is 18.4 Å². The number of hydrogen-bond acceptors (Lipinski definition) is 6. The van der Waals surface area contributed by atoms with Gasteiger partial charge >= 0.3 is 0 Å². The first-order valence-electron chi connectivity index (χ1n) is 14.5. The highest BCUT2D eigenvalue weighted by atomic mass is 35.5. The molecule has 2 fully saturated rings. The lowest BCUT2D eigenvalue weighted by molar-refractivity contribution is -0.127. The highest BCUT2D eigenvalue weighted by Gasteiger charge is 2.40. The molecule has 3 atom stereocenters. The van der Waals surface area contributed by atoms with E-state index in [0.717, 1.165) is 19.4 Å². The average molecular weight is 604 g/mol. The van der Waals surface area contributed by atoms with E-state index in [9.17, 15) is 14.4 Å². The summed E-state index contributed by atoms with van der Waals surface area (Å²) in [5.41, 5.74) is 1.64. The van der Waals surface area contributed by atoms with Gasteiger partial charge in [0.15, 0.2) is 0 Å². The number of nitrogens with zero attached hydrogens (tertiary/aromatic N) is 5. The van der Waals surface area contributed by atoms with Crippen molar-refractivity contribution < 1.29 is 18.3 Å². The second kappa shape index (κ2) is 11.9. The zero-order valence-corrected chi connectivity index (χ0v) is 24.7. The summed E-state index contributed by atoms with van der Waals surface area (Å²) < 4.78 is 36.9. The molecule has 3 heterocycles. The molecule has 0 aromatic heterocycles. The van der Waals surface area contributed by atoms with Crippen LogP contribution in [0.2, 0.25) is 5.02 Å². The number of piperazine rings is 1. The monoisotopic (exact) mass is 603 g/mol. The molecule has 2 aromatic rings. The lowest BCUT2D eigenvalue weighted by atomic mass is 9.81. The van der Waals surface area contributed by atoms with Gasteiger partial charge in [-0.3, -0.25) is 4.79 Å². The smallest absolute Gasteiger partial charge is 0.246 e. The normalized spacial score (nSPS) is 24.3. The van der Waals surface area contributed by atoms with Crippen LogP contribution in [0.5, 0.6) is 0 Å². The number of likely N-dealkylation sites (tertiary alicyclic amines) is 1. The number of amides is 1. The molecule has 3 aliphatic heterocycles. The van der Waals surface area contributed by atoms with Crippen molar-refractivity contribution in [2.45, 2.75) is 24.9 Å². The Morgan fingerprint density at radius 1 is 1.19 bits per heavy atom. The third-order valence-electron chi connectivity index (χ3n) is 8.87. The number of halogens is 3. The van der Waals surface area contributed by atoms with Crippen LogP contribution in [-0.4, -0.2) is 85.0 Å². The second-order valence-corrected chi connectivity index (χ2v) is 11.7. The molecular weight excluding hydrogens is 572 g/mol. The van der Waals surface area contributed by atoms with Gasteiger partial charge in [-0.2, -0.15) is 5.26 Å². The molecule has 0 saturated carbocycles. The summed E-state index contributed by atoms with van der Waals surface area (Å²) >= 11 is 6.40. The molecule has 43 heavy (non-hydrogen) atoms. The summed E-state index contributed by atoms with van der Waals surface area (Å²) in [6, 6.07) is 10.2. The number of allylic oxidation sites excluding steroid dienone is 2.